The Morgan fingerprint density at radius 3 is 2.56 bits per heavy atom. The van der Waals surface area contributed by atoms with Crippen LogP contribution in [-0.2, 0) is 9.53 Å². The van der Waals surface area contributed by atoms with Crippen molar-refractivity contribution in [2.75, 3.05) is 18.2 Å². The van der Waals surface area contributed by atoms with E-state index in [0.717, 1.165) is 36.5 Å². The topological polar surface area (TPSA) is 41.9 Å². The fraction of sp³-hybridized carbons (Fsp3) is 0.724. The molecule has 1 heterocycles. The highest BCUT2D eigenvalue weighted by Gasteiger charge is 2.71. The Morgan fingerprint density at radius 1 is 1.09 bits per heavy atom. The lowest BCUT2D eigenvalue weighted by molar-refractivity contribution is -0.191. The van der Waals surface area contributed by atoms with Crippen LogP contribution in [0.3, 0.4) is 0 Å². The van der Waals surface area contributed by atoms with Crippen molar-refractivity contribution in [1.29, 1.82) is 0 Å². The summed E-state index contributed by atoms with van der Waals surface area (Å²) in [6, 6.07) is 8.15. The molecule has 1 aliphatic heterocycles. The summed E-state index contributed by atoms with van der Waals surface area (Å²) in [5.41, 5.74) is 2.98. The van der Waals surface area contributed by atoms with E-state index in [1.807, 2.05) is 19.1 Å². The highest BCUT2D eigenvalue weighted by atomic mass is 35.5. The SMILES string of the molecule is CCOC(=O)[C@]1(C)CCC[C@@]2(C)[C@@H]3CC[C@@]4(C)C[C@]3(CC[C@@H]21)[C@@H]1CN(c2ccc(Cl)cc2)N=C14. The first-order valence-electron chi connectivity index (χ1n) is 13.5. The number of benzene rings is 1. The first kappa shape index (κ1) is 22.9. The molecule has 1 aromatic carbocycles. The third kappa shape index (κ3) is 2.90. The van der Waals surface area contributed by atoms with Gasteiger partial charge in [-0.1, -0.05) is 31.9 Å². The molecule has 0 radical (unpaired) electrons. The van der Waals surface area contributed by atoms with Crippen molar-refractivity contribution in [3.63, 3.8) is 0 Å². The van der Waals surface area contributed by atoms with Crippen molar-refractivity contribution < 1.29 is 9.53 Å². The van der Waals surface area contributed by atoms with E-state index < -0.39 is 0 Å². The molecule has 0 unspecified atom stereocenters. The quantitative estimate of drug-likeness (QED) is 0.431. The summed E-state index contributed by atoms with van der Waals surface area (Å²) in [5.74, 6) is 1.64. The van der Waals surface area contributed by atoms with E-state index in [9.17, 15) is 4.79 Å². The van der Waals surface area contributed by atoms with Gasteiger partial charge in [0.05, 0.1) is 24.3 Å². The Morgan fingerprint density at radius 2 is 1.82 bits per heavy atom. The van der Waals surface area contributed by atoms with E-state index in [1.54, 1.807) is 0 Å². The van der Waals surface area contributed by atoms with Gasteiger partial charge in [0.2, 0.25) is 0 Å². The number of halogens is 1. The summed E-state index contributed by atoms with van der Waals surface area (Å²) >= 11 is 6.16. The molecule has 4 aliphatic carbocycles. The Balaban J connectivity index is 1.36. The highest BCUT2D eigenvalue weighted by molar-refractivity contribution is 6.30. The first-order valence-corrected chi connectivity index (χ1v) is 13.8. The molecular weight excluding hydrogens is 444 g/mol. The average Bonchev–Trinajstić information content (AvgIpc) is 3.32. The lowest BCUT2D eigenvalue weighted by Gasteiger charge is -2.64. The molecule has 0 aromatic heterocycles. The van der Waals surface area contributed by atoms with Gasteiger partial charge >= 0.3 is 5.97 Å². The molecule has 184 valence electrons. The van der Waals surface area contributed by atoms with Gasteiger partial charge in [-0.25, -0.2) is 0 Å². The zero-order valence-corrected chi connectivity index (χ0v) is 22.0. The van der Waals surface area contributed by atoms with Crippen LogP contribution in [-0.4, -0.2) is 24.8 Å². The second-order valence-electron chi connectivity index (χ2n) is 12.7. The summed E-state index contributed by atoms with van der Waals surface area (Å²) < 4.78 is 5.66. The molecule has 2 bridgehead atoms. The van der Waals surface area contributed by atoms with Crippen LogP contribution >= 0.6 is 11.6 Å². The number of carbonyl (C=O) groups excluding carboxylic acids is 1. The first-order chi connectivity index (χ1) is 16.2. The van der Waals surface area contributed by atoms with Crippen molar-refractivity contribution in [3.05, 3.63) is 29.3 Å². The summed E-state index contributed by atoms with van der Waals surface area (Å²) in [6.07, 6.45) is 9.50. The standard InChI is InChI=1S/C29H39ClN2O2/c1-5-34-25(33)28(4)14-6-13-27(3)22(28)12-16-29-18-26(2,15-11-23(27)29)24-21(29)17-32(31-24)20-9-7-19(30)8-10-20/h7-10,21-23H,5-6,11-18H2,1-4H3/t21-,22+,23+,26+,27-,28-,29-/m1/s1. The van der Waals surface area contributed by atoms with Gasteiger partial charge in [0.15, 0.2) is 0 Å². The largest absolute Gasteiger partial charge is 0.466 e. The molecule has 7 atom stereocenters. The van der Waals surface area contributed by atoms with Gasteiger partial charge in [0, 0.05) is 22.1 Å². The number of rotatable bonds is 3. The number of ether oxygens (including phenoxy) is 1. The van der Waals surface area contributed by atoms with Crippen molar-refractivity contribution in [2.45, 2.75) is 79.1 Å². The van der Waals surface area contributed by atoms with Crippen molar-refractivity contribution in [3.8, 4) is 0 Å². The zero-order valence-electron chi connectivity index (χ0n) is 21.2. The third-order valence-electron chi connectivity index (χ3n) is 11.2. The summed E-state index contributed by atoms with van der Waals surface area (Å²) in [6.45, 7) is 10.6. The normalized spacial score (nSPS) is 44.7. The maximum absolute atomic E-state index is 13.2. The van der Waals surface area contributed by atoms with Gasteiger partial charge in [-0.05, 0) is 106 Å². The van der Waals surface area contributed by atoms with Crippen LogP contribution in [0.4, 0.5) is 5.69 Å². The molecule has 1 spiro atoms. The lowest BCUT2D eigenvalue weighted by Crippen LogP contribution is -2.60. The van der Waals surface area contributed by atoms with Crippen LogP contribution in [0, 0.1) is 39.4 Å². The van der Waals surface area contributed by atoms with Crippen LogP contribution in [0.1, 0.15) is 79.1 Å². The molecule has 0 saturated heterocycles. The van der Waals surface area contributed by atoms with Crippen molar-refractivity contribution in [1.82, 2.24) is 0 Å². The van der Waals surface area contributed by atoms with Crippen LogP contribution in [0.2, 0.25) is 5.02 Å². The van der Waals surface area contributed by atoms with Crippen LogP contribution in [0.25, 0.3) is 0 Å². The molecular formula is C29H39ClN2O2. The number of nitrogens with zero attached hydrogens (tertiary/aromatic N) is 2. The van der Waals surface area contributed by atoms with Gasteiger partial charge < -0.3 is 4.74 Å². The van der Waals surface area contributed by atoms with Crippen LogP contribution < -0.4 is 5.01 Å². The van der Waals surface area contributed by atoms with E-state index in [1.165, 1.54) is 37.8 Å². The summed E-state index contributed by atoms with van der Waals surface area (Å²) in [5, 5.41) is 8.31. The van der Waals surface area contributed by atoms with Gasteiger partial charge in [-0.3, -0.25) is 9.80 Å². The Hall–Kier alpha value is -1.55. The maximum Gasteiger partial charge on any atom is 0.312 e. The van der Waals surface area contributed by atoms with E-state index in [-0.39, 0.29) is 22.2 Å². The predicted molar refractivity (Wildman–Crippen MR) is 137 cm³/mol. The highest BCUT2D eigenvalue weighted by Crippen LogP contribution is 2.75. The minimum atomic E-state index is -0.341. The van der Waals surface area contributed by atoms with E-state index in [4.69, 9.17) is 21.4 Å². The fourth-order valence-electron chi connectivity index (χ4n) is 9.90. The Kier molecular flexibility index (Phi) is 5.03. The lowest BCUT2D eigenvalue weighted by atomic mass is 9.39. The molecule has 1 aromatic rings. The number of anilines is 1. The number of esters is 1. The number of hydrazone groups is 1. The minimum Gasteiger partial charge on any atom is -0.466 e. The number of fused-ring (bicyclic) bond motifs is 5. The molecule has 5 heteroatoms. The molecule has 0 N–H and O–H groups in total. The van der Waals surface area contributed by atoms with Gasteiger partial charge in [0.25, 0.3) is 0 Å². The molecule has 4 saturated carbocycles. The van der Waals surface area contributed by atoms with Crippen molar-refractivity contribution >= 4 is 29.0 Å². The second-order valence-corrected chi connectivity index (χ2v) is 13.2. The van der Waals surface area contributed by atoms with Crippen molar-refractivity contribution in [2.24, 2.45) is 44.5 Å². The third-order valence-corrected chi connectivity index (χ3v) is 11.4. The van der Waals surface area contributed by atoms with Crippen LogP contribution in [0.15, 0.2) is 29.4 Å². The van der Waals surface area contributed by atoms with Gasteiger partial charge in [-0.15, -0.1) is 0 Å². The van der Waals surface area contributed by atoms with Gasteiger partial charge in [-0.2, -0.15) is 5.10 Å². The summed E-state index contributed by atoms with van der Waals surface area (Å²) in [4.78, 5) is 13.2. The summed E-state index contributed by atoms with van der Waals surface area (Å²) in [7, 11) is 0. The molecule has 4 nitrogen and oxygen atoms in total. The zero-order chi connectivity index (χ0) is 23.9. The smallest absolute Gasteiger partial charge is 0.312 e. The molecule has 5 aliphatic rings. The number of hydrogen-bond donors (Lipinski definition) is 0. The minimum absolute atomic E-state index is 0.0472. The molecule has 6 rings (SSSR count). The monoisotopic (exact) mass is 482 g/mol. The Labute approximate surface area is 209 Å². The van der Waals surface area contributed by atoms with E-state index >= 15 is 0 Å². The Bertz CT molecular complexity index is 1040. The number of hydrogen-bond acceptors (Lipinski definition) is 4. The number of carbonyl (C=O) groups is 1. The molecule has 34 heavy (non-hydrogen) atoms. The molecule has 0 amide bonds. The average molecular weight is 483 g/mol. The second kappa shape index (κ2) is 7.48. The van der Waals surface area contributed by atoms with Crippen LogP contribution in [0.5, 0.6) is 0 Å². The van der Waals surface area contributed by atoms with E-state index in [2.05, 4.69) is 37.9 Å². The van der Waals surface area contributed by atoms with E-state index in [0.29, 0.717) is 29.8 Å². The molecule has 4 fully saturated rings. The van der Waals surface area contributed by atoms with Gasteiger partial charge in [0.1, 0.15) is 0 Å². The predicted octanol–water partition coefficient (Wildman–Crippen LogP) is 7.11. The maximum atomic E-state index is 13.2. The fourth-order valence-corrected chi connectivity index (χ4v) is 10.0.